The van der Waals surface area contributed by atoms with Gasteiger partial charge in [0.1, 0.15) is 0 Å². The molecule has 1 amide bonds. The number of hydrogen-bond acceptors (Lipinski definition) is 4. The standard InChI is InChI=1S/C15H23N3O2/c1-10-5-6-11(7-14(10)18(3)4)17-15(19)12-8-20-9-13(12)16-2/h5-7,12-13,16H,8-9H2,1-4H3,(H,17,19). The molecule has 0 saturated carbocycles. The van der Waals surface area contributed by atoms with Crippen LogP contribution in [0.1, 0.15) is 5.56 Å². The lowest BCUT2D eigenvalue weighted by molar-refractivity contribution is -0.120. The van der Waals surface area contributed by atoms with Gasteiger partial charge >= 0.3 is 0 Å². The van der Waals surface area contributed by atoms with E-state index in [4.69, 9.17) is 4.74 Å². The van der Waals surface area contributed by atoms with Crippen LogP contribution in [0, 0.1) is 12.8 Å². The summed E-state index contributed by atoms with van der Waals surface area (Å²) in [7, 11) is 5.85. The van der Waals surface area contributed by atoms with Crippen molar-refractivity contribution >= 4 is 17.3 Å². The molecule has 0 radical (unpaired) electrons. The molecule has 2 atom stereocenters. The number of benzene rings is 1. The van der Waals surface area contributed by atoms with Crippen LogP contribution in [-0.2, 0) is 9.53 Å². The second kappa shape index (κ2) is 6.24. The highest BCUT2D eigenvalue weighted by molar-refractivity contribution is 5.94. The molecule has 2 unspecified atom stereocenters. The first-order chi connectivity index (χ1) is 9.52. The number of aryl methyl sites for hydroxylation is 1. The molecule has 1 aliphatic rings. The molecule has 110 valence electrons. The summed E-state index contributed by atoms with van der Waals surface area (Å²) in [5, 5.41) is 6.11. The molecule has 0 bridgehead atoms. The summed E-state index contributed by atoms with van der Waals surface area (Å²) in [5.74, 6) is -0.125. The maximum atomic E-state index is 12.3. The molecule has 1 aliphatic heterocycles. The highest BCUT2D eigenvalue weighted by Crippen LogP contribution is 2.23. The summed E-state index contributed by atoms with van der Waals surface area (Å²) in [6, 6.07) is 6.04. The predicted molar refractivity (Wildman–Crippen MR) is 81.3 cm³/mol. The number of hydrogen-bond donors (Lipinski definition) is 2. The lowest BCUT2D eigenvalue weighted by atomic mass is 10.0. The minimum atomic E-state index is -0.135. The van der Waals surface area contributed by atoms with Gasteiger partial charge in [0.15, 0.2) is 0 Å². The second-order valence-corrected chi connectivity index (χ2v) is 5.42. The van der Waals surface area contributed by atoms with E-state index in [9.17, 15) is 4.79 Å². The molecule has 1 heterocycles. The van der Waals surface area contributed by atoms with Crippen LogP contribution in [0.15, 0.2) is 18.2 Å². The van der Waals surface area contributed by atoms with Crippen molar-refractivity contribution in [3.05, 3.63) is 23.8 Å². The number of anilines is 2. The van der Waals surface area contributed by atoms with Crippen LogP contribution in [0.5, 0.6) is 0 Å². The smallest absolute Gasteiger partial charge is 0.231 e. The van der Waals surface area contributed by atoms with Gasteiger partial charge in [0.05, 0.1) is 19.1 Å². The Labute approximate surface area is 120 Å². The van der Waals surface area contributed by atoms with E-state index >= 15 is 0 Å². The Bertz CT molecular complexity index is 488. The van der Waals surface area contributed by atoms with Crippen LogP contribution in [0.2, 0.25) is 0 Å². The molecule has 0 aromatic heterocycles. The van der Waals surface area contributed by atoms with Gasteiger partial charge in [-0.3, -0.25) is 4.79 Å². The van der Waals surface area contributed by atoms with Crippen molar-refractivity contribution in [1.82, 2.24) is 5.32 Å². The van der Waals surface area contributed by atoms with Gasteiger partial charge in [-0.15, -0.1) is 0 Å². The van der Waals surface area contributed by atoms with E-state index in [0.29, 0.717) is 13.2 Å². The molecule has 5 heteroatoms. The van der Waals surface area contributed by atoms with Crippen LogP contribution in [-0.4, -0.2) is 46.3 Å². The van der Waals surface area contributed by atoms with Crippen molar-refractivity contribution in [2.75, 3.05) is 44.6 Å². The monoisotopic (exact) mass is 277 g/mol. The number of rotatable bonds is 4. The topological polar surface area (TPSA) is 53.6 Å². The third-order valence-corrected chi connectivity index (χ3v) is 3.75. The fourth-order valence-electron chi connectivity index (χ4n) is 2.50. The Morgan fingerprint density at radius 2 is 2.10 bits per heavy atom. The average molecular weight is 277 g/mol. The minimum absolute atomic E-state index is 0.00964. The van der Waals surface area contributed by atoms with Crippen molar-refractivity contribution < 1.29 is 9.53 Å². The largest absolute Gasteiger partial charge is 0.379 e. The summed E-state index contributed by atoms with van der Waals surface area (Å²) in [6.45, 7) is 3.12. The Morgan fingerprint density at radius 3 is 2.75 bits per heavy atom. The van der Waals surface area contributed by atoms with Gasteiger partial charge < -0.3 is 20.3 Å². The SMILES string of the molecule is CNC1COCC1C(=O)Nc1ccc(C)c(N(C)C)c1. The quantitative estimate of drug-likeness (QED) is 0.869. The molecule has 5 nitrogen and oxygen atoms in total. The van der Waals surface area contributed by atoms with E-state index in [-0.39, 0.29) is 17.9 Å². The van der Waals surface area contributed by atoms with Crippen LogP contribution in [0.25, 0.3) is 0 Å². The van der Waals surface area contributed by atoms with Crippen molar-refractivity contribution in [3.63, 3.8) is 0 Å². The summed E-state index contributed by atoms with van der Waals surface area (Å²) < 4.78 is 5.37. The highest BCUT2D eigenvalue weighted by atomic mass is 16.5. The summed E-state index contributed by atoms with van der Waals surface area (Å²) in [4.78, 5) is 14.3. The first kappa shape index (κ1) is 14.8. The maximum Gasteiger partial charge on any atom is 0.231 e. The lowest BCUT2D eigenvalue weighted by Gasteiger charge is -2.19. The molecule has 1 aromatic rings. The average Bonchev–Trinajstić information content (AvgIpc) is 2.89. The van der Waals surface area contributed by atoms with E-state index in [1.807, 2.05) is 44.2 Å². The molecular weight excluding hydrogens is 254 g/mol. The van der Waals surface area contributed by atoms with Crippen LogP contribution < -0.4 is 15.5 Å². The minimum Gasteiger partial charge on any atom is -0.379 e. The number of amides is 1. The molecule has 20 heavy (non-hydrogen) atoms. The van der Waals surface area contributed by atoms with E-state index in [1.54, 1.807) is 0 Å². The van der Waals surface area contributed by atoms with Crippen LogP contribution >= 0.6 is 0 Å². The molecule has 1 fully saturated rings. The molecule has 1 aromatic carbocycles. The van der Waals surface area contributed by atoms with Gasteiger partial charge in [0, 0.05) is 31.5 Å². The number of likely N-dealkylation sites (N-methyl/N-ethyl adjacent to an activating group) is 1. The molecule has 0 aliphatic carbocycles. The van der Waals surface area contributed by atoms with Crippen LogP contribution in [0.4, 0.5) is 11.4 Å². The first-order valence-corrected chi connectivity index (χ1v) is 6.86. The molecule has 1 saturated heterocycles. The Balaban J connectivity index is 2.10. The third-order valence-electron chi connectivity index (χ3n) is 3.75. The highest BCUT2D eigenvalue weighted by Gasteiger charge is 2.32. The molecule has 0 spiro atoms. The van der Waals surface area contributed by atoms with Crippen molar-refractivity contribution in [1.29, 1.82) is 0 Å². The summed E-state index contributed by atoms with van der Waals surface area (Å²) in [5.41, 5.74) is 3.12. The first-order valence-electron chi connectivity index (χ1n) is 6.86. The van der Waals surface area contributed by atoms with Gasteiger partial charge in [0.25, 0.3) is 0 Å². The number of nitrogens with one attached hydrogen (secondary N) is 2. The molecule has 2 rings (SSSR count). The van der Waals surface area contributed by atoms with E-state index in [1.165, 1.54) is 5.56 Å². The fraction of sp³-hybridized carbons (Fsp3) is 0.533. The number of carbonyl (C=O) groups excluding carboxylic acids is 1. The number of nitrogens with zero attached hydrogens (tertiary/aromatic N) is 1. The second-order valence-electron chi connectivity index (χ2n) is 5.42. The van der Waals surface area contributed by atoms with E-state index < -0.39 is 0 Å². The van der Waals surface area contributed by atoms with E-state index in [2.05, 4.69) is 17.6 Å². The van der Waals surface area contributed by atoms with Crippen molar-refractivity contribution in [3.8, 4) is 0 Å². The van der Waals surface area contributed by atoms with Gasteiger partial charge in [-0.25, -0.2) is 0 Å². The number of carbonyl (C=O) groups is 1. The third kappa shape index (κ3) is 3.11. The Kier molecular flexibility index (Phi) is 4.62. The number of ether oxygens (including phenoxy) is 1. The van der Waals surface area contributed by atoms with Gasteiger partial charge in [-0.1, -0.05) is 6.07 Å². The van der Waals surface area contributed by atoms with Gasteiger partial charge in [0.2, 0.25) is 5.91 Å². The van der Waals surface area contributed by atoms with Crippen LogP contribution in [0.3, 0.4) is 0 Å². The van der Waals surface area contributed by atoms with E-state index in [0.717, 1.165) is 11.4 Å². The molecular formula is C15H23N3O2. The normalized spacial score (nSPS) is 21.8. The van der Waals surface area contributed by atoms with Crippen molar-refractivity contribution in [2.45, 2.75) is 13.0 Å². The zero-order chi connectivity index (χ0) is 14.7. The van der Waals surface area contributed by atoms with Gasteiger partial charge in [-0.05, 0) is 31.7 Å². The van der Waals surface area contributed by atoms with Gasteiger partial charge in [-0.2, -0.15) is 0 Å². The summed E-state index contributed by atoms with van der Waals surface area (Å²) >= 11 is 0. The fourth-order valence-corrected chi connectivity index (χ4v) is 2.50. The zero-order valence-corrected chi connectivity index (χ0v) is 12.6. The maximum absolute atomic E-state index is 12.3. The van der Waals surface area contributed by atoms with Crippen molar-refractivity contribution in [2.24, 2.45) is 5.92 Å². The lowest BCUT2D eigenvalue weighted by Crippen LogP contribution is -2.39. The summed E-state index contributed by atoms with van der Waals surface area (Å²) in [6.07, 6.45) is 0. The zero-order valence-electron chi connectivity index (χ0n) is 12.6. The Hall–Kier alpha value is -1.59. The predicted octanol–water partition coefficient (Wildman–Crippen LogP) is 1.23. The molecule has 2 N–H and O–H groups in total. The Morgan fingerprint density at radius 1 is 1.35 bits per heavy atom.